The van der Waals surface area contributed by atoms with Crippen molar-refractivity contribution in [3.8, 4) is 0 Å². The molecule has 1 aliphatic rings. The zero-order valence-electron chi connectivity index (χ0n) is 9.01. The molecule has 1 saturated heterocycles. The summed E-state index contributed by atoms with van der Waals surface area (Å²) in [4.78, 5) is 13.2. The van der Waals surface area contributed by atoms with Crippen molar-refractivity contribution in [2.45, 2.75) is 12.2 Å². The van der Waals surface area contributed by atoms with Gasteiger partial charge in [-0.1, -0.05) is 0 Å². The molecule has 6 heteroatoms. The van der Waals surface area contributed by atoms with E-state index in [1.807, 2.05) is 0 Å². The maximum atomic E-state index is 13.1. The van der Waals surface area contributed by atoms with Crippen LogP contribution in [-0.4, -0.2) is 46.3 Å². The molecule has 0 radical (unpaired) electrons. The molecule has 1 amide bonds. The minimum atomic E-state index is -0.954. The smallest absolute Gasteiger partial charge is 0.254 e. The normalized spacial score (nSPS) is 24.1. The lowest BCUT2D eigenvalue weighted by atomic mass is 10.1. The predicted molar refractivity (Wildman–Crippen MR) is 58.7 cm³/mol. The van der Waals surface area contributed by atoms with Gasteiger partial charge in [-0.05, 0) is 18.2 Å². The van der Waals surface area contributed by atoms with E-state index < -0.39 is 23.9 Å². The quantitative estimate of drug-likeness (QED) is 0.582. The molecular weight excluding hydrogens is 227 g/mol. The highest BCUT2D eigenvalue weighted by atomic mass is 19.1. The number of carbonyl (C=O) groups is 1. The minimum Gasteiger partial charge on any atom is -0.399 e. The number of nitrogens with zero attached hydrogens (tertiary/aromatic N) is 1. The molecule has 1 heterocycles. The Hall–Kier alpha value is -1.66. The maximum absolute atomic E-state index is 13.1. The molecule has 4 N–H and O–H groups in total. The molecule has 92 valence electrons. The second kappa shape index (κ2) is 4.31. The highest BCUT2D eigenvalue weighted by Crippen LogP contribution is 2.17. The van der Waals surface area contributed by atoms with Crippen molar-refractivity contribution in [2.24, 2.45) is 0 Å². The van der Waals surface area contributed by atoms with E-state index in [9.17, 15) is 19.4 Å². The van der Waals surface area contributed by atoms with Gasteiger partial charge in [0.05, 0.1) is 12.2 Å². The molecule has 1 aromatic rings. The zero-order chi connectivity index (χ0) is 12.6. The molecular formula is C11H13FN2O3. The third kappa shape index (κ3) is 2.37. The van der Waals surface area contributed by atoms with Crippen LogP contribution in [0.4, 0.5) is 10.1 Å². The number of nitrogens with two attached hydrogens (primary N) is 1. The summed E-state index contributed by atoms with van der Waals surface area (Å²) in [5.74, 6) is -1.04. The van der Waals surface area contributed by atoms with Crippen molar-refractivity contribution in [2.75, 3.05) is 18.8 Å². The van der Waals surface area contributed by atoms with Gasteiger partial charge in [0.15, 0.2) is 0 Å². The fraction of sp³-hybridized carbons (Fsp3) is 0.364. The van der Waals surface area contributed by atoms with Crippen LogP contribution in [0.2, 0.25) is 0 Å². The van der Waals surface area contributed by atoms with Crippen LogP contribution in [0.15, 0.2) is 18.2 Å². The fourth-order valence-electron chi connectivity index (χ4n) is 1.85. The van der Waals surface area contributed by atoms with Gasteiger partial charge < -0.3 is 20.8 Å². The topological polar surface area (TPSA) is 86.8 Å². The van der Waals surface area contributed by atoms with Gasteiger partial charge in [0.25, 0.3) is 5.91 Å². The van der Waals surface area contributed by atoms with Crippen LogP contribution in [0.3, 0.4) is 0 Å². The summed E-state index contributed by atoms with van der Waals surface area (Å²) >= 11 is 0. The number of hydrogen-bond donors (Lipinski definition) is 3. The molecule has 0 spiro atoms. The number of anilines is 1. The van der Waals surface area contributed by atoms with Crippen LogP contribution in [0.25, 0.3) is 0 Å². The van der Waals surface area contributed by atoms with Crippen LogP contribution in [0.1, 0.15) is 10.4 Å². The Morgan fingerprint density at radius 3 is 2.41 bits per heavy atom. The average Bonchev–Trinajstić information content (AvgIpc) is 2.57. The van der Waals surface area contributed by atoms with Gasteiger partial charge in [-0.25, -0.2) is 4.39 Å². The third-order valence-electron chi connectivity index (χ3n) is 2.71. The van der Waals surface area contributed by atoms with Crippen LogP contribution in [0, 0.1) is 5.82 Å². The van der Waals surface area contributed by atoms with E-state index in [1.54, 1.807) is 0 Å². The third-order valence-corrected chi connectivity index (χ3v) is 2.71. The molecule has 1 aromatic carbocycles. The fourth-order valence-corrected chi connectivity index (χ4v) is 1.85. The predicted octanol–water partition coefficient (Wildman–Crippen LogP) is -0.415. The standard InChI is InChI=1S/C11H13FN2O3/c12-7-1-6(2-8(13)3-7)11(17)14-4-9(15)10(16)5-14/h1-3,9-10,15-16H,4-5,13H2. The van der Waals surface area contributed by atoms with Crippen molar-refractivity contribution in [1.29, 1.82) is 0 Å². The Morgan fingerprint density at radius 2 is 1.88 bits per heavy atom. The number of benzene rings is 1. The van der Waals surface area contributed by atoms with E-state index >= 15 is 0 Å². The lowest BCUT2D eigenvalue weighted by molar-refractivity contribution is 0.0572. The Morgan fingerprint density at radius 1 is 1.29 bits per heavy atom. The lowest BCUT2D eigenvalue weighted by Crippen LogP contribution is -2.29. The van der Waals surface area contributed by atoms with Gasteiger partial charge in [-0.15, -0.1) is 0 Å². The summed E-state index contributed by atoms with van der Waals surface area (Å²) < 4.78 is 13.1. The molecule has 0 aliphatic carbocycles. The molecule has 2 rings (SSSR count). The van der Waals surface area contributed by atoms with Crippen LogP contribution in [0.5, 0.6) is 0 Å². The van der Waals surface area contributed by atoms with E-state index in [0.717, 1.165) is 12.1 Å². The summed E-state index contributed by atoms with van der Waals surface area (Å²) in [6, 6.07) is 3.56. The van der Waals surface area contributed by atoms with Crippen molar-refractivity contribution in [3.63, 3.8) is 0 Å². The van der Waals surface area contributed by atoms with Gasteiger partial charge >= 0.3 is 0 Å². The van der Waals surface area contributed by atoms with Crippen molar-refractivity contribution in [3.05, 3.63) is 29.6 Å². The number of halogens is 1. The number of aliphatic hydroxyl groups is 2. The molecule has 2 unspecified atom stereocenters. The number of likely N-dealkylation sites (tertiary alicyclic amines) is 1. The highest BCUT2D eigenvalue weighted by Gasteiger charge is 2.33. The van der Waals surface area contributed by atoms with Gasteiger partial charge in [0.1, 0.15) is 5.82 Å². The average molecular weight is 240 g/mol. The number of aliphatic hydroxyl groups excluding tert-OH is 2. The summed E-state index contributed by atoms with van der Waals surface area (Å²) in [5, 5.41) is 18.7. The summed E-state index contributed by atoms with van der Waals surface area (Å²) in [5.41, 5.74) is 5.72. The first-order valence-electron chi connectivity index (χ1n) is 5.19. The van der Waals surface area contributed by atoms with Crippen LogP contribution < -0.4 is 5.73 Å². The Balaban J connectivity index is 2.20. The van der Waals surface area contributed by atoms with Crippen molar-refractivity contribution >= 4 is 11.6 Å². The van der Waals surface area contributed by atoms with E-state index in [-0.39, 0.29) is 24.3 Å². The molecule has 0 saturated carbocycles. The second-order valence-corrected chi connectivity index (χ2v) is 4.12. The van der Waals surface area contributed by atoms with Crippen molar-refractivity contribution < 1.29 is 19.4 Å². The molecule has 0 bridgehead atoms. The number of amides is 1. The van der Waals surface area contributed by atoms with Crippen LogP contribution >= 0.6 is 0 Å². The van der Waals surface area contributed by atoms with E-state index in [1.165, 1.54) is 11.0 Å². The van der Waals surface area contributed by atoms with Crippen LogP contribution in [-0.2, 0) is 0 Å². The Kier molecular flexibility index (Phi) is 2.99. The van der Waals surface area contributed by atoms with E-state index in [0.29, 0.717) is 0 Å². The Bertz CT molecular complexity index is 422. The number of nitrogen functional groups attached to an aromatic ring is 1. The summed E-state index contributed by atoms with van der Waals surface area (Å²) in [7, 11) is 0. The number of rotatable bonds is 1. The summed E-state index contributed by atoms with van der Waals surface area (Å²) in [6.07, 6.45) is -1.91. The number of β-amino-alcohol motifs (C(OH)–C–C–N with tert-alkyl or cyclic N) is 2. The van der Waals surface area contributed by atoms with Crippen molar-refractivity contribution in [1.82, 2.24) is 4.90 Å². The zero-order valence-corrected chi connectivity index (χ0v) is 9.01. The molecule has 17 heavy (non-hydrogen) atoms. The molecule has 5 nitrogen and oxygen atoms in total. The highest BCUT2D eigenvalue weighted by molar-refractivity contribution is 5.95. The molecule has 0 aromatic heterocycles. The largest absolute Gasteiger partial charge is 0.399 e. The summed E-state index contributed by atoms with van der Waals surface area (Å²) in [6.45, 7) is 0.0762. The second-order valence-electron chi connectivity index (χ2n) is 4.12. The number of hydrogen-bond acceptors (Lipinski definition) is 4. The minimum absolute atomic E-state index is 0.0381. The molecule has 1 fully saturated rings. The Labute approximate surface area is 97.3 Å². The monoisotopic (exact) mass is 240 g/mol. The van der Waals surface area contributed by atoms with E-state index in [2.05, 4.69) is 0 Å². The first-order valence-corrected chi connectivity index (χ1v) is 5.19. The van der Waals surface area contributed by atoms with Gasteiger partial charge in [0, 0.05) is 24.3 Å². The molecule has 1 aliphatic heterocycles. The van der Waals surface area contributed by atoms with E-state index in [4.69, 9.17) is 5.73 Å². The SMILES string of the molecule is Nc1cc(F)cc(C(=O)N2CC(O)C(O)C2)c1. The molecule has 2 atom stereocenters. The van der Waals surface area contributed by atoms with Gasteiger partial charge in [0.2, 0.25) is 0 Å². The maximum Gasteiger partial charge on any atom is 0.254 e. The van der Waals surface area contributed by atoms with Gasteiger partial charge in [-0.2, -0.15) is 0 Å². The number of carbonyl (C=O) groups excluding carboxylic acids is 1. The van der Waals surface area contributed by atoms with Gasteiger partial charge in [-0.3, -0.25) is 4.79 Å². The first-order chi connectivity index (χ1) is 7.97. The lowest BCUT2D eigenvalue weighted by Gasteiger charge is -2.15. The first kappa shape index (κ1) is 11.8.